The molecule has 1 rings (SSSR count). The van der Waals surface area contributed by atoms with Crippen LogP contribution in [-0.2, 0) is 4.74 Å². The molecule has 0 bridgehead atoms. The van der Waals surface area contributed by atoms with Crippen LogP contribution in [0.25, 0.3) is 0 Å². The van der Waals surface area contributed by atoms with Crippen molar-refractivity contribution in [1.82, 2.24) is 0 Å². The Morgan fingerprint density at radius 2 is 2.12 bits per heavy atom. The Labute approximate surface area is 106 Å². The normalized spacial score (nSPS) is 10.6. The Morgan fingerprint density at radius 1 is 1.41 bits per heavy atom. The van der Waals surface area contributed by atoms with Crippen molar-refractivity contribution in [2.45, 2.75) is 20.0 Å². The van der Waals surface area contributed by atoms with Crippen molar-refractivity contribution >= 4 is 17.4 Å². The van der Waals surface area contributed by atoms with E-state index in [1.54, 1.807) is 18.2 Å². The molecule has 0 heterocycles. The summed E-state index contributed by atoms with van der Waals surface area (Å²) in [6.07, 6.45) is 0.172. The van der Waals surface area contributed by atoms with E-state index in [2.05, 4.69) is 0 Å². The standard InChI is InChI=1S/C12H17ClN2O2/c1-8(2)16-6-7-17-10-5-3-4-9(13)11(10)12(14)15/h3-5,8H,6-7H2,1-2H3,(H3,14,15). The highest BCUT2D eigenvalue weighted by atomic mass is 35.5. The molecule has 0 fully saturated rings. The average molecular weight is 257 g/mol. The van der Waals surface area contributed by atoms with E-state index in [4.69, 9.17) is 32.2 Å². The van der Waals surface area contributed by atoms with Gasteiger partial charge in [0.2, 0.25) is 0 Å². The number of nitrogen functional groups attached to an aromatic ring is 1. The molecule has 0 spiro atoms. The van der Waals surface area contributed by atoms with E-state index in [9.17, 15) is 0 Å². The van der Waals surface area contributed by atoms with Crippen molar-refractivity contribution in [2.24, 2.45) is 5.73 Å². The van der Waals surface area contributed by atoms with Crippen LogP contribution in [0.15, 0.2) is 18.2 Å². The van der Waals surface area contributed by atoms with E-state index in [1.165, 1.54) is 0 Å². The zero-order valence-electron chi connectivity index (χ0n) is 10.00. The van der Waals surface area contributed by atoms with Gasteiger partial charge in [0, 0.05) is 0 Å². The lowest BCUT2D eigenvalue weighted by atomic mass is 10.2. The molecular weight excluding hydrogens is 240 g/mol. The quantitative estimate of drug-likeness (QED) is 0.467. The first-order valence-corrected chi connectivity index (χ1v) is 5.77. The fourth-order valence-electron chi connectivity index (χ4n) is 1.32. The second-order valence-electron chi connectivity index (χ2n) is 3.79. The molecular formula is C12H17ClN2O2. The molecule has 0 aliphatic carbocycles. The number of nitrogens with one attached hydrogen (secondary N) is 1. The lowest BCUT2D eigenvalue weighted by Crippen LogP contribution is -2.16. The van der Waals surface area contributed by atoms with Crippen LogP contribution < -0.4 is 10.5 Å². The molecule has 0 aliphatic heterocycles. The Bertz CT molecular complexity index is 394. The smallest absolute Gasteiger partial charge is 0.131 e. The van der Waals surface area contributed by atoms with E-state index >= 15 is 0 Å². The van der Waals surface area contributed by atoms with E-state index in [-0.39, 0.29) is 11.9 Å². The van der Waals surface area contributed by atoms with Crippen molar-refractivity contribution in [3.8, 4) is 5.75 Å². The summed E-state index contributed by atoms with van der Waals surface area (Å²) in [7, 11) is 0. The average Bonchev–Trinajstić information content (AvgIpc) is 2.23. The first-order valence-electron chi connectivity index (χ1n) is 5.39. The highest BCUT2D eigenvalue weighted by Crippen LogP contribution is 2.25. The van der Waals surface area contributed by atoms with Gasteiger partial charge >= 0.3 is 0 Å². The van der Waals surface area contributed by atoms with Crippen molar-refractivity contribution in [3.63, 3.8) is 0 Å². The molecule has 0 aromatic heterocycles. The van der Waals surface area contributed by atoms with Crippen LogP contribution in [0.2, 0.25) is 5.02 Å². The number of ether oxygens (including phenoxy) is 2. The Hall–Kier alpha value is -1.26. The van der Waals surface area contributed by atoms with Crippen LogP contribution in [0.3, 0.4) is 0 Å². The van der Waals surface area contributed by atoms with Crippen molar-refractivity contribution < 1.29 is 9.47 Å². The molecule has 5 heteroatoms. The van der Waals surface area contributed by atoms with Crippen LogP contribution in [0.1, 0.15) is 19.4 Å². The summed E-state index contributed by atoms with van der Waals surface area (Å²) in [5.41, 5.74) is 5.88. The number of nitrogens with two attached hydrogens (primary N) is 1. The lowest BCUT2D eigenvalue weighted by Gasteiger charge is -2.13. The number of hydrogen-bond acceptors (Lipinski definition) is 3. The maximum atomic E-state index is 7.45. The number of rotatable bonds is 6. The molecule has 0 saturated heterocycles. The molecule has 1 aromatic rings. The third-order valence-electron chi connectivity index (χ3n) is 2.04. The maximum Gasteiger partial charge on any atom is 0.131 e. The minimum absolute atomic E-state index is 0.102. The molecule has 94 valence electrons. The van der Waals surface area contributed by atoms with Gasteiger partial charge < -0.3 is 15.2 Å². The molecule has 17 heavy (non-hydrogen) atoms. The minimum Gasteiger partial charge on any atom is -0.490 e. The van der Waals surface area contributed by atoms with Crippen LogP contribution in [0.4, 0.5) is 0 Å². The Balaban J connectivity index is 2.64. The van der Waals surface area contributed by atoms with Crippen LogP contribution in [0.5, 0.6) is 5.75 Å². The Morgan fingerprint density at radius 3 is 2.71 bits per heavy atom. The molecule has 0 amide bonds. The Kier molecular flexibility index (Phi) is 5.25. The predicted octanol–water partition coefficient (Wildman–Crippen LogP) is 2.43. The molecule has 1 aromatic carbocycles. The zero-order valence-corrected chi connectivity index (χ0v) is 10.8. The summed E-state index contributed by atoms with van der Waals surface area (Å²) in [4.78, 5) is 0. The number of halogens is 1. The second-order valence-corrected chi connectivity index (χ2v) is 4.20. The van der Waals surface area contributed by atoms with Gasteiger partial charge in [-0.15, -0.1) is 0 Å². The lowest BCUT2D eigenvalue weighted by molar-refractivity contribution is 0.0552. The maximum absolute atomic E-state index is 7.45. The molecule has 4 nitrogen and oxygen atoms in total. The van der Waals surface area contributed by atoms with E-state index in [0.717, 1.165) is 0 Å². The second kappa shape index (κ2) is 6.47. The van der Waals surface area contributed by atoms with E-state index in [1.807, 2.05) is 13.8 Å². The summed E-state index contributed by atoms with van der Waals surface area (Å²) in [6, 6.07) is 5.17. The molecule has 0 aliphatic rings. The van der Waals surface area contributed by atoms with Crippen LogP contribution in [-0.4, -0.2) is 25.2 Å². The van der Waals surface area contributed by atoms with Crippen LogP contribution >= 0.6 is 11.6 Å². The fraction of sp³-hybridized carbons (Fsp3) is 0.417. The van der Waals surface area contributed by atoms with Gasteiger partial charge in [-0.25, -0.2) is 0 Å². The monoisotopic (exact) mass is 256 g/mol. The molecule has 0 radical (unpaired) electrons. The summed E-state index contributed by atoms with van der Waals surface area (Å²) in [5, 5.41) is 7.86. The van der Waals surface area contributed by atoms with E-state index in [0.29, 0.717) is 29.5 Å². The predicted molar refractivity (Wildman–Crippen MR) is 69.1 cm³/mol. The van der Waals surface area contributed by atoms with Crippen LogP contribution in [0, 0.1) is 5.41 Å². The SMILES string of the molecule is CC(C)OCCOc1cccc(Cl)c1C(=N)N. The first kappa shape index (κ1) is 13.8. The number of benzene rings is 1. The topological polar surface area (TPSA) is 68.3 Å². The summed E-state index contributed by atoms with van der Waals surface area (Å²) >= 11 is 5.96. The molecule has 0 saturated carbocycles. The summed E-state index contributed by atoms with van der Waals surface area (Å²) in [5.74, 6) is 0.410. The van der Waals surface area contributed by atoms with Crippen molar-refractivity contribution in [1.29, 1.82) is 5.41 Å². The van der Waals surface area contributed by atoms with Gasteiger partial charge in [-0.1, -0.05) is 17.7 Å². The zero-order chi connectivity index (χ0) is 12.8. The molecule has 0 atom stereocenters. The van der Waals surface area contributed by atoms with Gasteiger partial charge in [0.25, 0.3) is 0 Å². The fourth-order valence-corrected chi connectivity index (χ4v) is 1.59. The van der Waals surface area contributed by atoms with E-state index < -0.39 is 0 Å². The molecule has 0 unspecified atom stereocenters. The van der Waals surface area contributed by atoms with Gasteiger partial charge in [-0.2, -0.15) is 0 Å². The number of hydrogen-bond donors (Lipinski definition) is 2. The summed E-state index contributed by atoms with van der Waals surface area (Å²) in [6.45, 7) is 4.81. The highest BCUT2D eigenvalue weighted by Gasteiger charge is 2.10. The van der Waals surface area contributed by atoms with Crippen molar-refractivity contribution in [2.75, 3.05) is 13.2 Å². The first-order chi connectivity index (χ1) is 8.02. The largest absolute Gasteiger partial charge is 0.490 e. The summed E-state index contributed by atoms with van der Waals surface area (Å²) < 4.78 is 10.9. The molecule has 3 N–H and O–H groups in total. The highest BCUT2D eigenvalue weighted by molar-refractivity contribution is 6.34. The van der Waals surface area contributed by atoms with Gasteiger partial charge in [0.05, 0.1) is 23.3 Å². The van der Waals surface area contributed by atoms with Crippen molar-refractivity contribution in [3.05, 3.63) is 28.8 Å². The van der Waals surface area contributed by atoms with Gasteiger partial charge in [0.1, 0.15) is 18.2 Å². The third kappa shape index (κ3) is 4.24. The third-order valence-corrected chi connectivity index (χ3v) is 2.35. The minimum atomic E-state index is -0.102. The van der Waals surface area contributed by atoms with Gasteiger partial charge in [0.15, 0.2) is 0 Å². The van der Waals surface area contributed by atoms with Gasteiger partial charge in [-0.05, 0) is 26.0 Å². The van der Waals surface area contributed by atoms with Gasteiger partial charge in [-0.3, -0.25) is 5.41 Å². The number of amidine groups is 1.